The molecule has 1 atom stereocenters. The average Bonchev–Trinajstić information content (AvgIpc) is 2.89. The fraction of sp³-hybridized carbons (Fsp3) is 0.667. The van der Waals surface area contributed by atoms with E-state index in [1.165, 1.54) is 24.0 Å². The summed E-state index contributed by atoms with van der Waals surface area (Å²) >= 11 is 0. The Morgan fingerprint density at radius 1 is 1.29 bits per heavy atom. The largest absolute Gasteiger partial charge is 0.491 e. The molecule has 1 unspecified atom stereocenters. The first-order chi connectivity index (χ1) is 10.2. The molecule has 1 aromatic rings. The van der Waals surface area contributed by atoms with Crippen molar-refractivity contribution in [3.05, 3.63) is 29.3 Å². The molecule has 1 fully saturated rings. The molecule has 3 nitrogen and oxygen atoms in total. The standard InChI is InChI=1S/C18H27NO2/c1-2-19-17-9-6-14-12-15(7-8-16(14)17)21-13-18(20)10-4-3-5-11-18/h7-8,12,17,19-20H,2-6,9-11,13H2,1H3. The molecule has 21 heavy (non-hydrogen) atoms. The maximum absolute atomic E-state index is 10.5. The summed E-state index contributed by atoms with van der Waals surface area (Å²) in [6.45, 7) is 3.60. The van der Waals surface area contributed by atoms with Crippen molar-refractivity contribution in [2.45, 2.75) is 63.5 Å². The lowest BCUT2D eigenvalue weighted by Gasteiger charge is -2.31. The van der Waals surface area contributed by atoms with Crippen molar-refractivity contribution < 1.29 is 9.84 Å². The van der Waals surface area contributed by atoms with E-state index in [1.807, 2.05) is 0 Å². The highest BCUT2D eigenvalue weighted by atomic mass is 16.5. The summed E-state index contributed by atoms with van der Waals surface area (Å²) in [7, 11) is 0. The van der Waals surface area contributed by atoms with Gasteiger partial charge >= 0.3 is 0 Å². The molecule has 2 aliphatic carbocycles. The van der Waals surface area contributed by atoms with Gasteiger partial charge in [0.05, 0.1) is 5.60 Å². The Labute approximate surface area is 127 Å². The van der Waals surface area contributed by atoms with E-state index in [1.54, 1.807) is 0 Å². The minimum atomic E-state index is -0.608. The molecule has 0 saturated heterocycles. The number of fused-ring (bicyclic) bond motifs is 1. The average molecular weight is 289 g/mol. The highest BCUT2D eigenvalue weighted by Gasteiger charge is 2.30. The van der Waals surface area contributed by atoms with E-state index in [2.05, 4.69) is 30.4 Å². The van der Waals surface area contributed by atoms with Crippen LogP contribution in [0.3, 0.4) is 0 Å². The van der Waals surface area contributed by atoms with Gasteiger partial charge in [-0.25, -0.2) is 0 Å². The number of aryl methyl sites for hydroxylation is 1. The van der Waals surface area contributed by atoms with Gasteiger partial charge < -0.3 is 15.2 Å². The second-order valence-electron chi connectivity index (χ2n) is 6.58. The summed E-state index contributed by atoms with van der Waals surface area (Å²) in [5.41, 5.74) is 2.21. The van der Waals surface area contributed by atoms with Gasteiger partial charge in [-0.1, -0.05) is 32.3 Å². The van der Waals surface area contributed by atoms with Gasteiger partial charge in [-0.3, -0.25) is 0 Å². The van der Waals surface area contributed by atoms with E-state index in [-0.39, 0.29) is 0 Å². The van der Waals surface area contributed by atoms with Gasteiger partial charge in [-0.05, 0) is 55.5 Å². The van der Waals surface area contributed by atoms with Gasteiger partial charge in [0.1, 0.15) is 12.4 Å². The zero-order valence-corrected chi connectivity index (χ0v) is 13.0. The Hall–Kier alpha value is -1.06. The molecule has 3 rings (SSSR count). The first kappa shape index (κ1) is 14.9. The summed E-state index contributed by atoms with van der Waals surface area (Å²) < 4.78 is 5.90. The van der Waals surface area contributed by atoms with E-state index in [0.29, 0.717) is 12.6 Å². The van der Waals surface area contributed by atoms with Gasteiger partial charge in [-0.15, -0.1) is 0 Å². The number of hydrogen-bond acceptors (Lipinski definition) is 3. The molecule has 116 valence electrons. The summed E-state index contributed by atoms with van der Waals surface area (Å²) in [6.07, 6.45) is 7.53. The highest BCUT2D eigenvalue weighted by molar-refractivity contribution is 5.40. The smallest absolute Gasteiger partial charge is 0.119 e. The lowest BCUT2D eigenvalue weighted by Crippen LogP contribution is -2.37. The van der Waals surface area contributed by atoms with Crippen LogP contribution in [0.4, 0.5) is 0 Å². The first-order valence-electron chi connectivity index (χ1n) is 8.41. The van der Waals surface area contributed by atoms with E-state index in [0.717, 1.165) is 44.4 Å². The van der Waals surface area contributed by atoms with Crippen LogP contribution >= 0.6 is 0 Å². The molecule has 0 heterocycles. The van der Waals surface area contributed by atoms with E-state index < -0.39 is 5.60 Å². The Morgan fingerprint density at radius 2 is 2.10 bits per heavy atom. The molecule has 0 aromatic heterocycles. The van der Waals surface area contributed by atoms with Crippen molar-refractivity contribution >= 4 is 0 Å². The van der Waals surface area contributed by atoms with Crippen molar-refractivity contribution in [2.75, 3.05) is 13.2 Å². The lowest BCUT2D eigenvalue weighted by atomic mass is 9.85. The molecule has 3 heteroatoms. The zero-order valence-electron chi connectivity index (χ0n) is 13.0. The monoisotopic (exact) mass is 289 g/mol. The van der Waals surface area contributed by atoms with Gasteiger partial charge in [0.2, 0.25) is 0 Å². The zero-order chi connectivity index (χ0) is 14.7. The summed E-state index contributed by atoms with van der Waals surface area (Å²) in [5, 5.41) is 14.0. The third kappa shape index (κ3) is 3.41. The third-order valence-corrected chi connectivity index (χ3v) is 4.93. The normalized spacial score (nSPS) is 23.8. The van der Waals surface area contributed by atoms with Crippen molar-refractivity contribution in [3.8, 4) is 5.75 Å². The molecule has 2 N–H and O–H groups in total. The van der Waals surface area contributed by atoms with Crippen LogP contribution in [0, 0.1) is 0 Å². The lowest BCUT2D eigenvalue weighted by molar-refractivity contribution is -0.0339. The fourth-order valence-electron chi connectivity index (χ4n) is 3.71. The van der Waals surface area contributed by atoms with Gasteiger partial charge in [0.15, 0.2) is 0 Å². The Kier molecular flexibility index (Phi) is 4.51. The molecule has 1 saturated carbocycles. The molecular formula is C18H27NO2. The maximum Gasteiger partial charge on any atom is 0.119 e. The highest BCUT2D eigenvalue weighted by Crippen LogP contribution is 2.34. The quantitative estimate of drug-likeness (QED) is 0.873. The number of aliphatic hydroxyl groups is 1. The Balaban J connectivity index is 1.62. The third-order valence-electron chi connectivity index (χ3n) is 4.93. The minimum Gasteiger partial charge on any atom is -0.491 e. The van der Waals surface area contributed by atoms with Crippen LogP contribution in [0.2, 0.25) is 0 Å². The molecule has 2 aliphatic rings. The second-order valence-corrected chi connectivity index (χ2v) is 6.58. The van der Waals surface area contributed by atoms with Crippen molar-refractivity contribution in [1.29, 1.82) is 0 Å². The summed E-state index contributed by atoms with van der Waals surface area (Å²) in [5.74, 6) is 0.907. The van der Waals surface area contributed by atoms with Crippen LogP contribution < -0.4 is 10.1 Å². The molecule has 0 aliphatic heterocycles. The van der Waals surface area contributed by atoms with Gasteiger partial charge in [0, 0.05) is 6.04 Å². The molecule has 0 bridgehead atoms. The SMILES string of the molecule is CCNC1CCc2cc(OCC3(O)CCCCC3)ccc21. The first-order valence-corrected chi connectivity index (χ1v) is 8.41. The summed E-state index contributed by atoms with van der Waals surface area (Å²) in [4.78, 5) is 0. The molecule has 0 amide bonds. The van der Waals surface area contributed by atoms with E-state index in [4.69, 9.17) is 4.74 Å². The van der Waals surface area contributed by atoms with Crippen LogP contribution in [0.15, 0.2) is 18.2 Å². The van der Waals surface area contributed by atoms with Crippen LogP contribution in [-0.4, -0.2) is 23.9 Å². The van der Waals surface area contributed by atoms with Crippen LogP contribution in [0.5, 0.6) is 5.75 Å². The topological polar surface area (TPSA) is 41.5 Å². The number of benzene rings is 1. The maximum atomic E-state index is 10.5. The predicted octanol–water partition coefficient (Wildman–Crippen LogP) is 3.36. The number of ether oxygens (including phenoxy) is 1. The number of nitrogens with one attached hydrogen (secondary N) is 1. The number of hydrogen-bond donors (Lipinski definition) is 2. The Bertz CT molecular complexity index is 480. The molecule has 0 spiro atoms. The van der Waals surface area contributed by atoms with Gasteiger partial charge in [0.25, 0.3) is 0 Å². The van der Waals surface area contributed by atoms with Crippen molar-refractivity contribution in [3.63, 3.8) is 0 Å². The van der Waals surface area contributed by atoms with Crippen molar-refractivity contribution in [2.24, 2.45) is 0 Å². The van der Waals surface area contributed by atoms with Crippen LogP contribution in [-0.2, 0) is 6.42 Å². The van der Waals surface area contributed by atoms with Crippen molar-refractivity contribution in [1.82, 2.24) is 5.32 Å². The van der Waals surface area contributed by atoms with E-state index in [9.17, 15) is 5.11 Å². The minimum absolute atomic E-state index is 0.433. The second kappa shape index (κ2) is 6.37. The molecule has 0 radical (unpaired) electrons. The molecular weight excluding hydrogens is 262 g/mol. The molecule has 1 aromatic carbocycles. The van der Waals surface area contributed by atoms with Gasteiger partial charge in [-0.2, -0.15) is 0 Å². The number of rotatable bonds is 5. The fourth-order valence-corrected chi connectivity index (χ4v) is 3.71. The van der Waals surface area contributed by atoms with E-state index >= 15 is 0 Å². The van der Waals surface area contributed by atoms with Crippen LogP contribution in [0.1, 0.15) is 62.6 Å². The predicted molar refractivity (Wildman–Crippen MR) is 84.7 cm³/mol. The summed E-state index contributed by atoms with van der Waals surface area (Å²) in [6, 6.07) is 6.91. The Morgan fingerprint density at radius 3 is 2.86 bits per heavy atom. The van der Waals surface area contributed by atoms with Crippen LogP contribution in [0.25, 0.3) is 0 Å².